The molecule has 1 aromatic carbocycles. The molecule has 1 saturated heterocycles. The Bertz CT molecular complexity index is 746. The van der Waals surface area contributed by atoms with Gasteiger partial charge in [0.15, 0.2) is 5.82 Å². The van der Waals surface area contributed by atoms with Crippen molar-refractivity contribution in [2.75, 3.05) is 62.9 Å². The number of ether oxygens (including phenoxy) is 1. The van der Waals surface area contributed by atoms with Gasteiger partial charge in [0.05, 0.1) is 24.4 Å². The van der Waals surface area contributed by atoms with E-state index in [9.17, 15) is 13.6 Å². The first-order chi connectivity index (χ1) is 13.0. The van der Waals surface area contributed by atoms with E-state index >= 15 is 4.39 Å². The van der Waals surface area contributed by atoms with E-state index in [1.54, 1.807) is 11.8 Å². The fourth-order valence-corrected chi connectivity index (χ4v) is 3.53. The third-order valence-electron chi connectivity index (χ3n) is 4.91. The largest absolute Gasteiger partial charge is 0.463 e. The zero-order valence-electron chi connectivity index (χ0n) is 15.6. The first kappa shape index (κ1) is 19.5. The lowest BCUT2D eigenvalue weighted by atomic mass is 9.97. The van der Waals surface area contributed by atoms with Gasteiger partial charge in [0.25, 0.3) is 0 Å². The number of hydrogen-bond acceptors (Lipinski definition) is 5. The lowest BCUT2D eigenvalue weighted by Gasteiger charge is -2.36. The van der Waals surface area contributed by atoms with E-state index in [-0.39, 0.29) is 36.5 Å². The highest BCUT2D eigenvalue weighted by molar-refractivity contribution is 5.91. The zero-order chi connectivity index (χ0) is 19.6. The van der Waals surface area contributed by atoms with Gasteiger partial charge in [0.1, 0.15) is 18.2 Å². The van der Waals surface area contributed by atoms with Crippen LogP contribution in [0.15, 0.2) is 17.8 Å². The van der Waals surface area contributed by atoms with Crippen molar-refractivity contribution in [3.63, 3.8) is 0 Å². The number of piperazine rings is 1. The van der Waals surface area contributed by atoms with Crippen molar-refractivity contribution >= 4 is 17.3 Å². The number of carbonyl (C=O) groups excluding carboxylic acids is 1. The first-order valence-corrected chi connectivity index (χ1v) is 9.11. The summed E-state index contributed by atoms with van der Waals surface area (Å²) in [6.07, 6.45) is 1.46. The van der Waals surface area contributed by atoms with Crippen LogP contribution in [-0.4, -0.2) is 63.9 Å². The maximum Gasteiger partial charge on any atom is 0.335 e. The van der Waals surface area contributed by atoms with E-state index < -0.39 is 24.3 Å². The first-order valence-electron chi connectivity index (χ1n) is 9.11. The second kappa shape index (κ2) is 8.21. The smallest absolute Gasteiger partial charge is 0.335 e. The van der Waals surface area contributed by atoms with Gasteiger partial charge < -0.3 is 19.4 Å². The van der Waals surface area contributed by atoms with Crippen molar-refractivity contribution in [3.05, 3.63) is 35.0 Å². The summed E-state index contributed by atoms with van der Waals surface area (Å²) in [4.78, 5) is 17.2. The van der Waals surface area contributed by atoms with E-state index in [1.165, 1.54) is 17.2 Å². The predicted molar refractivity (Wildman–Crippen MR) is 97.8 cm³/mol. The van der Waals surface area contributed by atoms with Gasteiger partial charge in [0, 0.05) is 38.8 Å². The second-order valence-electron chi connectivity index (χ2n) is 6.75. The Balaban J connectivity index is 2.00. The highest BCUT2D eigenvalue weighted by Crippen LogP contribution is 2.39. The van der Waals surface area contributed by atoms with Gasteiger partial charge in [-0.15, -0.1) is 0 Å². The van der Waals surface area contributed by atoms with Crippen LogP contribution in [0.3, 0.4) is 0 Å². The summed E-state index contributed by atoms with van der Waals surface area (Å²) >= 11 is 0. The van der Waals surface area contributed by atoms with Crippen molar-refractivity contribution in [1.82, 2.24) is 4.90 Å². The maximum atomic E-state index is 15.3. The predicted octanol–water partition coefficient (Wildman–Crippen LogP) is 2.50. The van der Waals surface area contributed by atoms with Crippen LogP contribution in [-0.2, 0) is 16.0 Å². The molecule has 2 heterocycles. The molecule has 0 amide bonds. The molecule has 5 nitrogen and oxygen atoms in total. The molecule has 8 heteroatoms. The molecule has 1 aromatic rings. The lowest BCUT2D eigenvalue weighted by molar-refractivity contribution is -0.138. The van der Waals surface area contributed by atoms with Gasteiger partial charge in [-0.05, 0) is 25.6 Å². The summed E-state index contributed by atoms with van der Waals surface area (Å²) in [5.41, 5.74) is 0.626. The number of likely N-dealkylation sites (N-methyl/N-ethyl adjacent to an activating group) is 1. The molecule has 0 aliphatic carbocycles. The second-order valence-corrected chi connectivity index (χ2v) is 6.75. The molecule has 0 atom stereocenters. The van der Waals surface area contributed by atoms with E-state index in [2.05, 4.69) is 4.90 Å². The molecule has 148 valence electrons. The van der Waals surface area contributed by atoms with Crippen LogP contribution in [0.2, 0.25) is 0 Å². The van der Waals surface area contributed by atoms with Crippen molar-refractivity contribution in [2.24, 2.45) is 0 Å². The average molecular weight is 383 g/mol. The Morgan fingerprint density at radius 1 is 1.19 bits per heavy atom. The van der Waals surface area contributed by atoms with Gasteiger partial charge in [-0.3, -0.25) is 0 Å². The van der Waals surface area contributed by atoms with E-state index in [1.807, 2.05) is 7.05 Å². The van der Waals surface area contributed by atoms with Crippen LogP contribution < -0.4 is 9.80 Å². The number of benzene rings is 1. The number of halogens is 3. The van der Waals surface area contributed by atoms with Crippen LogP contribution in [0.25, 0.3) is 0 Å². The monoisotopic (exact) mass is 383 g/mol. The number of esters is 1. The molecule has 2 aliphatic rings. The number of carbonyl (C=O) groups is 1. The van der Waals surface area contributed by atoms with Gasteiger partial charge in [-0.2, -0.15) is 0 Å². The summed E-state index contributed by atoms with van der Waals surface area (Å²) in [7, 11) is 1.96. The molecule has 0 N–H and O–H groups in total. The van der Waals surface area contributed by atoms with Crippen LogP contribution in [0.1, 0.15) is 12.5 Å². The highest BCUT2D eigenvalue weighted by atomic mass is 19.1. The molecule has 0 spiro atoms. The van der Waals surface area contributed by atoms with Crippen LogP contribution in [0.4, 0.5) is 24.5 Å². The van der Waals surface area contributed by atoms with Gasteiger partial charge in [-0.1, -0.05) is 0 Å². The van der Waals surface area contributed by atoms with Crippen LogP contribution >= 0.6 is 0 Å². The molecule has 0 saturated carbocycles. The SMILES string of the molecule is CCOC(=O)C1=CN(CCF)c2c(cc(F)c(N3CCN(C)CC3)c2F)C1. The molecule has 0 radical (unpaired) electrons. The quantitative estimate of drug-likeness (QED) is 0.731. The molecule has 2 aliphatic heterocycles. The zero-order valence-corrected chi connectivity index (χ0v) is 15.6. The minimum Gasteiger partial charge on any atom is -0.463 e. The van der Waals surface area contributed by atoms with Gasteiger partial charge in [-0.25, -0.2) is 18.0 Å². The minimum absolute atomic E-state index is 0.0494. The van der Waals surface area contributed by atoms with Crippen molar-refractivity contribution in [2.45, 2.75) is 13.3 Å². The Kier molecular flexibility index (Phi) is 5.94. The summed E-state index contributed by atoms with van der Waals surface area (Å²) in [5, 5.41) is 0. The van der Waals surface area contributed by atoms with Crippen LogP contribution in [0.5, 0.6) is 0 Å². The molecule has 0 unspecified atom stereocenters. The fraction of sp³-hybridized carbons (Fsp3) is 0.526. The Hall–Kier alpha value is -2.22. The summed E-state index contributed by atoms with van der Waals surface area (Å²) < 4.78 is 48.2. The number of anilines is 2. The molecule has 3 rings (SSSR count). The Morgan fingerprint density at radius 3 is 2.52 bits per heavy atom. The number of nitrogens with zero attached hydrogens (tertiary/aromatic N) is 3. The number of fused-ring (bicyclic) bond motifs is 1. The minimum atomic E-state index is -0.729. The van der Waals surface area contributed by atoms with Crippen molar-refractivity contribution in [3.8, 4) is 0 Å². The summed E-state index contributed by atoms with van der Waals surface area (Å²) in [6.45, 7) is 3.45. The van der Waals surface area contributed by atoms with Gasteiger partial charge >= 0.3 is 5.97 Å². The Labute approximate surface area is 157 Å². The number of rotatable bonds is 5. The molecule has 0 bridgehead atoms. The normalized spacial score (nSPS) is 17.6. The molecule has 0 aromatic heterocycles. The molecular weight excluding hydrogens is 359 g/mol. The molecule has 27 heavy (non-hydrogen) atoms. The standard InChI is InChI=1S/C19H24F3N3O2/c1-3-27-19(26)14-10-13-11-15(21)18(24-8-6-23(2)7-9-24)16(22)17(13)25(12-14)5-4-20/h11-12H,3-10H2,1-2H3. The third kappa shape index (κ3) is 3.90. The fourth-order valence-electron chi connectivity index (χ4n) is 3.53. The third-order valence-corrected chi connectivity index (χ3v) is 4.91. The maximum absolute atomic E-state index is 15.3. The summed E-state index contributed by atoms with van der Waals surface area (Å²) in [5.74, 6) is -1.93. The topological polar surface area (TPSA) is 36.0 Å². The van der Waals surface area contributed by atoms with Crippen LogP contribution in [0, 0.1) is 11.6 Å². The van der Waals surface area contributed by atoms with E-state index in [0.29, 0.717) is 31.7 Å². The van der Waals surface area contributed by atoms with E-state index in [4.69, 9.17) is 4.74 Å². The van der Waals surface area contributed by atoms with E-state index in [0.717, 1.165) is 0 Å². The van der Waals surface area contributed by atoms with Crippen molar-refractivity contribution in [1.29, 1.82) is 0 Å². The lowest BCUT2D eigenvalue weighted by Crippen LogP contribution is -2.45. The highest BCUT2D eigenvalue weighted by Gasteiger charge is 2.31. The molecular formula is C19H24F3N3O2. The molecule has 1 fully saturated rings. The Morgan fingerprint density at radius 2 is 1.89 bits per heavy atom. The summed E-state index contributed by atoms with van der Waals surface area (Å²) in [6, 6.07) is 1.25. The average Bonchev–Trinajstić information content (AvgIpc) is 2.63. The van der Waals surface area contributed by atoms with Gasteiger partial charge in [0.2, 0.25) is 0 Å². The number of alkyl halides is 1. The van der Waals surface area contributed by atoms with Crippen molar-refractivity contribution < 1.29 is 22.7 Å². The number of hydrogen-bond donors (Lipinski definition) is 0.